The van der Waals surface area contributed by atoms with Crippen LogP contribution in [-0.4, -0.2) is 26.4 Å². The normalized spacial score (nSPS) is 10.9. The topological polar surface area (TPSA) is 73.0 Å². The lowest BCUT2D eigenvalue weighted by Crippen LogP contribution is -2.16. The molecule has 6 nitrogen and oxygen atoms in total. The fourth-order valence-corrected chi connectivity index (χ4v) is 3.42. The third-order valence-corrected chi connectivity index (χ3v) is 5.15. The summed E-state index contributed by atoms with van der Waals surface area (Å²) in [6.45, 7) is 3.96. The molecule has 2 aromatic heterocycles. The van der Waals surface area contributed by atoms with Gasteiger partial charge in [-0.3, -0.25) is 4.79 Å². The molecule has 130 valence electrons. The quantitative estimate of drug-likeness (QED) is 0.626. The maximum atomic E-state index is 12.3. The van der Waals surface area contributed by atoms with Crippen LogP contribution in [0.1, 0.15) is 11.1 Å². The second-order valence-electron chi connectivity index (χ2n) is 5.57. The number of hydrogen-bond donors (Lipinski definition) is 1. The molecular formula is C17H17BrN4O2S. The average Bonchev–Trinajstić information content (AvgIpc) is 3.15. The Morgan fingerprint density at radius 3 is 2.60 bits per heavy atom. The van der Waals surface area contributed by atoms with Crippen LogP contribution in [0.5, 0.6) is 0 Å². The summed E-state index contributed by atoms with van der Waals surface area (Å²) in [5, 5.41) is 11.9. The van der Waals surface area contributed by atoms with Crippen molar-refractivity contribution in [2.75, 3.05) is 11.1 Å². The number of carbonyl (C=O) groups is 1. The van der Waals surface area contributed by atoms with E-state index in [2.05, 4.69) is 31.4 Å². The highest BCUT2D eigenvalue weighted by atomic mass is 79.9. The Balaban J connectivity index is 1.66. The van der Waals surface area contributed by atoms with Crippen molar-refractivity contribution in [3.05, 3.63) is 46.1 Å². The third kappa shape index (κ3) is 3.96. The van der Waals surface area contributed by atoms with Crippen molar-refractivity contribution in [1.82, 2.24) is 14.8 Å². The van der Waals surface area contributed by atoms with E-state index in [4.69, 9.17) is 4.42 Å². The van der Waals surface area contributed by atoms with Crippen LogP contribution in [0, 0.1) is 13.8 Å². The van der Waals surface area contributed by atoms with Gasteiger partial charge in [0, 0.05) is 12.7 Å². The summed E-state index contributed by atoms with van der Waals surface area (Å²) in [5.74, 6) is 1.41. The zero-order valence-corrected chi connectivity index (χ0v) is 16.4. The number of aromatic nitrogens is 3. The fourth-order valence-electron chi connectivity index (χ4n) is 2.41. The summed E-state index contributed by atoms with van der Waals surface area (Å²) in [6.07, 6.45) is 0. The van der Waals surface area contributed by atoms with Crippen molar-refractivity contribution in [3.8, 4) is 11.6 Å². The van der Waals surface area contributed by atoms with E-state index in [-0.39, 0.29) is 11.7 Å². The summed E-state index contributed by atoms with van der Waals surface area (Å²) in [6, 6.07) is 9.55. The molecule has 2 heterocycles. The Bertz CT molecular complexity index is 899. The van der Waals surface area contributed by atoms with Gasteiger partial charge in [0.1, 0.15) is 0 Å². The third-order valence-electron chi connectivity index (χ3n) is 3.71. The van der Waals surface area contributed by atoms with Gasteiger partial charge in [-0.05, 0) is 53.0 Å². The second-order valence-corrected chi connectivity index (χ2v) is 7.30. The first-order valence-corrected chi connectivity index (χ1v) is 9.37. The molecule has 1 N–H and O–H groups in total. The Morgan fingerprint density at radius 1 is 1.24 bits per heavy atom. The van der Waals surface area contributed by atoms with Gasteiger partial charge in [0.25, 0.3) is 0 Å². The molecule has 0 aliphatic rings. The van der Waals surface area contributed by atoms with Crippen LogP contribution < -0.4 is 5.32 Å². The molecule has 1 aromatic carbocycles. The molecule has 8 heteroatoms. The number of anilines is 1. The molecule has 0 spiro atoms. The van der Waals surface area contributed by atoms with Crippen molar-refractivity contribution in [2.24, 2.45) is 7.05 Å². The minimum absolute atomic E-state index is 0.0762. The molecule has 3 aromatic rings. The number of aryl methyl sites for hydroxylation is 2. The van der Waals surface area contributed by atoms with Crippen LogP contribution >= 0.6 is 27.7 Å². The number of halogens is 1. The van der Waals surface area contributed by atoms with Gasteiger partial charge in [0.05, 0.1) is 5.75 Å². The van der Waals surface area contributed by atoms with Crippen LogP contribution in [-0.2, 0) is 11.8 Å². The Morgan fingerprint density at radius 2 is 1.96 bits per heavy atom. The number of nitrogens with one attached hydrogen (secondary N) is 1. The molecule has 0 aliphatic carbocycles. The number of carbonyl (C=O) groups excluding carboxylic acids is 1. The van der Waals surface area contributed by atoms with Crippen LogP contribution in [0.3, 0.4) is 0 Å². The Kier molecular flexibility index (Phi) is 5.29. The second kappa shape index (κ2) is 7.45. The molecule has 0 radical (unpaired) electrons. The van der Waals surface area contributed by atoms with E-state index in [1.807, 2.05) is 49.7 Å². The highest BCUT2D eigenvalue weighted by molar-refractivity contribution is 9.10. The molecule has 0 aliphatic heterocycles. The molecule has 3 rings (SSSR count). The molecule has 0 atom stereocenters. The summed E-state index contributed by atoms with van der Waals surface area (Å²) in [4.78, 5) is 12.3. The van der Waals surface area contributed by atoms with Gasteiger partial charge in [-0.15, -0.1) is 10.2 Å². The first-order valence-electron chi connectivity index (χ1n) is 7.59. The van der Waals surface area contributed by atoms with Crippen molar-refractivity contribution in [1.29, 1.82) is 0 Å². The predicted molar refractivity (Wildman–Crippen MR) is 102 cm³/mol. The number of nitrogens with zero attached hydrogens (tertiary/aromatic N) is 3. The monoisotopic (exact) mass is 420 g/mol. The minimum Gasteiger partial charge on any atom is -0.446 e. The highest BCUT2D eigenvalue weighted by Gasteiger charge is 2.16. The number of para-hydroxylation sites is 1. The summed E-state index contributed by atoms with van der Waals surface area (Å²) in [7, 11) is 1.84. The number of benzene rings is 1. The Labute approximate surface area is 158 Å². The largest absolute Gasteiger partial charge is 0.446 e. The smallest absolute Gasteiger partial charge is 0.234 e. The average molecular weight is 421 g/mol. The van der Waals surface area contributed by atoms with Crippen molar-refractivity contribution < 1.29 is 9.21 Å². The van der Waals surface area contributed by atoms with E-state index < -0.39 is 0 Å². The molecule has 25 heavy (non-hydrogen) atoms. The fraction of sp³-hybridized carbons (Fsp3) is 0.235. The van der Waals surface area contributed by atoms with Gasteiger partial charge in [0.15, 0.2) is 21.4 Å². The van der Waals surface area contributed by atoms with Crippen molar-refractivity contribution in [2.45, 2.75) is 19.0 Å². The molecule has 0 bridgehead atoms. The molecule has 0 fully saturated rings. The lowest BCUT2D eigenvalue weighted by molar-refractivity contribution is -0.113. The lowest BCUT2D eigenvalue weighted by Gasteiger charge is -2.11. The summed E-state index contributed by atoms with van der Waals surface area (Å²) >= 11 is 4.60. The lowest BCUT2D eigenvalue weighted by atomic mass is 10.1. The van der Waals surface area contributed by atoms with E-state index >= 15 is 0 Å². The Hall–Kier alpha value is -2.06. The molecule has 0 saturated carbocycles. The van der Waals surface area contributed by atoms with Crippen LogP contribution in [0.15, 0.2) is 44.6 Å². The zero-order valence-electron chi connectivity index (χ0n) is 14.0. The van der Waals surface area contributed by atoms with Gasteiger partial charge in [-0.2, -0.15) is 0 Å². The van der Waals surface area contributed by atoms with E-state index in [1.54, 1.807) is 6.07 Å². The van der Waals surface area contributed by atoms with Gasteiger partial charge >= 0.3 is 0 Å². The van der Waals surface area contributed by atoms with E-state index in [1.165, 1.54) is 11.8 Å². The highest BCUT2D eigenvalue weighted by Crippen LogP contribution is 2.26. The molecular weight excluding hydrogens is 404 g/mol. The number of hydrogen-bond acceptors (Lipinski definition) is 5. The predicted octanol–water partition coefficient (Wildman–Crippen LogP) is 4.19. The minimum atomic E-state index is -0.0762. The van der Waals surface area contributed by atoms with Crippen LogP contribution in [0.2, 0.25) is 0 Å². The summed E-state index contributed by atoms with van der Waals surface area (Å²) < 4.78 is 7.94. The molecule has 0 saturated heterocycles. The standard InChI is InChI=1S/C17H17BrN4O2S/c1-10-5-4-6-11(2)15(10)19-14(23)9-25-17-21-20-16(22(17)3)12-7-8-13(18)24-12/h4-8H,9H2,1-3H3,(H,19,23). The maximum absolute atomic E-state index is 12.3. The SMILES string of the molecule is Cc1cccc(C)c1NC(=O)CSc1nnc(-c2ccc(Br)o2)n1C. The van der Waals surface area contributed by atoms with E-state index in [0.29, 0.717) is 21.4 Å². The number of rotatable bonds is 5. The van der Waals surface area contributed by atoms with Gasteiger partial charge in [-0.25, -0.2) is 0 Å². The summed E-state index contributed by atoms with van der Waals surface area (Å²) in [5.41, 5.74) is 2.96. The first kappa shape index (κ1) is 17.8. The van der Waals surface area contributed by atoms with Gasteiger partial charge in [0.2, 0.25) is 5.91 Å². The van der Waals surface area contributed by atoms with Gasteiger partial charge in [-0.1, -0.05) is 30.0 Å². The van der Waals surface area contributed by atoms with Crippen LogP contribution in [0.4, 0.5) is 5.69 Å². The van der Waals surface area contributed by atoms with Crippen molar-refractivity contribution in [3.63, 3.8) is 0 Å². The number of thioether (sulfide) groups is 1. The first-order chi connectivity index (χ1) is 12.0. The van der Waals surface area contributed by atoms with Crippen molar-refractivity contribution >= 4 is 39.3 Å². The number of amides is 1. The van der Waals surface area contributed by atoms with Crippen LogP contribution in [0.25, 0.3) is 11.6 Å². The van der Waals surface area contributed by atoms with E-state index in [0.717, 1.165) is 16.8 Å². The molecule has 1 amide bonds. The van der Waals surface area contributed by atoms with E-state index in [9.17, 15) is 4.79 Å². The van der Waals surface area contributed by atoms with Gasteiger partial charge < -0.3 is 14.3 Å². The number of furan rings is 1. The zero-order chi connectivity index (χ0) is 18.0. The maximum Gasteiger partial charge on any atom is 0.234 e. The molecule has 0 unspecified atom stereocenters.